The first-order valence-corrected chi connectivity index (χ1v) is 11.8. The van der Waals surface area contributed by atoms with Crippen molar-refractivity contribution in [2.24, 2.45) is 9.98 Å². The van der Waals surface area contributed by atoms with Crippen molar-refractivity contribution in [3.8, 4) is 0 Å². The van der Waals surface area contributed by atoms with Gasteiger partial charge in [0, 0.05) is 36.5 Å². The summed E-state index contributed by atoms with van der Waals surface area (Å²) in [4.78, 5) is 32.8. The van der Waals surface area contributed by atoms with Crippen LogP contribution in [0.1, 0.15) is 27.2 Å². The standard InChI is InChI=1S/C29H37N3O4/c1-6-10-24(23(4)33)15-20-36-22-27-14-13-26(21-32-27)28(30-5)12-9-17-31-29(34)25(11-7-2)16-19-35-18-8-3/h6-13,15-16,18,20-21,27H,1,14,17,19,22H2,2-5H3,(H,31,34)/b11-7-,12-9-,18-8+,20-15+,24-10+,25-16+,30-28?. The van der Waals surface area contributed by atoms with Gasteiger partial charge < -0.3 is 14.8 Å². The van der Waals surface area contributed by atoms with Gasteiger partial charge >= 0.3 is 0 Å². The minimum Gasteiger partial charge on any atom is -0.499 e. The van der Waals surface area contributed by atoms with Crippen LogP contribution in [0.5, 0.6) is 0 Å². The highest BCUT2D eigenvalue weighted by Crippen LogP contribution is 2.12. The van der Waals surface area contributed by atoms with Crippen molar-refractivity contribution < 1.29 is 19.1 Å². The molecule has 0 bridgehead atoms. The minimum absolute atomic E-state index is 0.0161. The van der Waals surface area contributed by atoms with Crippen molar-refractivity contribution in [2.45, 2.75) is 33.2 Å². The van der Waals surface area contributed by atoms with E-state index in [0.717, 1.165) is 11.3 Å². The molecular formula is C29H37N3O4. The molecule has 1 amide bonds. The molecule has 0 spiro atoms. The number of allylic oxidation sites excluding steroid dienone is 8. The predicted octanol–water partition coefficient (Wildman–Crippen LogP) is 4.78. The van der Waals surface area contributed by atoms with Crippen LogP contribution in [0.4, 0.5) is 0 Å². The Labute approximate surface area is 214 Å². The average molecular weight is 492 g/mol. The van der Waals surface area contributed by atoms with Crippen molar-refractivity contribution in [3.63, 3.8) is 0 Å². The molecule has 1 rings (SSSR count). The van der Waals surface area contributed by atoms with Gasteiger partial charge in [-0.15, -0.1) is 0 Å². The summed E-state index contributed by atoms with van der Waals surface area (Å²) >= 11 is 0. The monoisotopic (exact) mass is 491 g/mol. The molecule has 1 heterocycles. The van der Waals surface area contributed by atoms with Gasteiger partial charge in [0.1, 0.15) is 13.2 Å². The van der Waals surface area contributed by atoms with Gasteiger partial charge in [-0.25, -0.2) is 0 Å². The van der Waals surface area contributed by atoms with Crippen LogP contribution >= 0.6 is 0 Å². The van der Waals surface area contributed by atoms with Gasteiger partial charge in [-0.2, -0.15) is 0 Å². The molecular weight excluding hydrogens is 454 g/mol. The van der Waals surface area contributed by atoms with Gasteiger partial charge in [-0.3, -0.25) is 19.6 Å². The lowest BCUT2D eigenvalue weighted by Gasteiger charge is -2.15. The zero-order valence-corrected chi connectivity index (χ0v) is 21.6. The van der Waals surface area contributed by atoms with Crippen LogP contribution in [0, 0.1) is 0 Å². The molecule has 0 saturated heterocycles. The molecule has 1 unspecified atom stereocenters. The van der Waals surface area contributed by atoms with Gasteiger partial charge in [0.2, 0.25) is 0 Å². The molecule has 0 aromatic rings. The Hall–Kier alpha value is -4.00. The fraction of sp³-hybridized carbons (Fsp3) is 0.310. The Morgan fingerprint density at radius 1 is 1.17 bits per heavy atom. The summed E-state index contributed by atoms with van der Waals surface area (Å²) in [5, 5.41) is 2.87. The maximum absolute atomic E-state index is 12.4. The van der Waals surface area contributed by atoms with E-state index in [1.165, 1.54) is 13.2 Å². The minimum atomic E-state index is -0.178. The van der Waals surface area contributed by atoms with Crippen molar-refractivity contribution in [1.29, 1.82) is 0 Å². The maximum atomic E-state index is 12.4. The first-order chi connectivity index (χ1) is 17.5. The third-order valence-electron chi connectivity index (χ3n) is 4.80. The molecule has 7 heteroatoms. The second kappa shape index (κ2) is 18.3. The van der Waals surface area contributed by atoms with Crippen LogP contribution < -0.4 is 5.32 Å². The molecule has 36 heavy (non-hydrogen) atoms. The number of nitrogens with one attached hydrogen (secondary N) is 1. The highest BCUT2D eigenvalue weighted by Gasteiger charge is 2.12. The molecule has 0 aromatic heterocycles. The SMILES string of the molecule is C=C/C=C(\C=C\OCC1CC=C(C(/C=C\CNC(=O)C(/C=C\C)=C/CO/C=C/C)=NC)C=N1)C(C)=O. The predicted molar refractivity (Wildman–Crippen MR) is 148 cm³/mol. The molecule has 0 radical (unpaired) electrons. The average Bonchev–Trinajstić information content (AvgIpc) is 2.88. The van der Waals surface area contributed by atoms with E-state index in [1.807, 2.05) is 32.1 Å². The van der Waals surface area contributed by atoms with E-state index in [-0.39, 0.29) is 17.7 Å². The Morgan fingerprint density at radius 3 is 2.58 bits per heavy atom. The van der Waals surface area contributed by atoms with Crippen LogP contribution in [0.3, 0.4) is 0 Å². The Kier molecular flexibility index (Phi) is 15.3. The Morgan fingerprint density at radius 2 is 1.97 bits per heavy atom. The number of nitrogens with zero attached hydrogens (tertiary/aromatic N) is 2. The third kappa shape index (κ3) is 11.9. The highest BCUT2D eigenvalue weighted by atomic mass is 16.5. The molecule has 0 fully saturated rings. The number of hydrogen-bond donors (Lipinski definition) is 1. The van der Waals surface area contributed by atoms with Crippen LogP contribution in [-0.4, -0.2) is 56.5 Å². The van der Waals surface area contributed by atoms with E-state index < -0.39 is 0 Å². The molecule has 7 nitrogen and oxygen atoms in total. The summed E-state index contributed by atoms with van der Waals surface area (Å²) < 4.78 is 10.8. The summed E-state index contributed by atoms with van der Waals surface area (Å²) in [7, 11) is 1.72. The quantitative estimate of drug-likeness (QED) is 0.117. The zero-order valence-electron chi connectivity index (χ0n) is 21.6. The van der Waals surface area contributed by atoms with Crippen LogP contribution in [0.15, 0.2) is 107 Å². The van der Waals surface area contributed by atoms with E-state index in [2.05, 4.69) is 28.0 Å². The van der Waals surface area contributed by atoms with E-state index >= 15 is 0 Å². The number of aliphatic imine (C=N–C) groups is 2. The Balaban J connectivity index is 2.56. The molecule has 1 aliphatic rings. The van der Waals surface area contributed by atoms with Gasteiger partial charge in [0.15, 0.2) is 5.78 Å². The van der Waals surface area contributed by atoms with Crippen molar-refractivity contribution in [1.82, 2.24) is 5.32 Å². The van der Waals surface area contributed by atoms with E-state index in [4.69, 9.17) is 9.47 Å². The van der Waals surface area contributed by atoms with E-state index in [1.54, 1.807) is 56.0 Å². The number of carbonyl (C=O) groups excluding carboxylic acids is 2. The highest BCUT2D eigenvalue weighted by molar-refractivity contribution is 6.21. The van der Waals surface area contributed by atoms with Crippen molar-refractivity contribution in [3.05, 3.63) is 96.6 Å². The summed E-state index contributed by atoms with van der Waals surface area (Å²) in [6, 6.07) is -0.0161. The molecule has 0 saturated carbocycles. The van der Waals surface area contributed by atoms with Crippen LogP contribution in [-0.2, 0) is 19.1 Å². The third-order valence-corrected chi connectivity index (χ3v) is 4.80. The van der Waals surface area contributed by atoms with Gasteiger partial charge in [-0.05, 0) is 45.4 Å². The number of ketones is 1. The number of ether oxygens (including phenoxy) is 2. The first-order valence-electron chi connectivity index (χ1n) is 11.8. The van der Waals surface area contributed by atoms with Crippen molar-refractivity contribution >= 4 is 23.6 Å². The van der Waals surface area contributed by atoms with E-state index in [9.17, 15) is 9.59 Å². The molecule has 0 aromatic carbocycles. The Bertz CT molecular complexity index is 1020. The number of hydrogen-bond acceptors (Lipinski definition) is 6. The number of dihydropyridines is 1. The fourth-order valence-electron chi connectivity index (χ4n) is 2.98. The lowest BCUT2D eigenvalue weighted by atomic mass is 10.0. The second-order valence-electron chi connectivity index (χ2n) is 7.56. The van der Waals surface area contributed by atoms with Gasteiger partial charge in [0.05, 0.1) is 24.3 Å². The largest absolute Gasteiger partial charge is 0.499 e. The molecule has 0 aliphatic carbocycles. The fourth-order valence-corrected chi connectivity index (χ4v) is 2.98. The molecule has 1 aliphatic heterocycles. The number of rotatable bonds is 15. The van der Waals surface area contributed by atoms with Gasteiger partial charge in [-0.1, -0.05) is 49.1 Å². The first kappa shape index (κ1) is 30.0. The lowest BCUT2D eigenvalue weighted by molar-refractivity contribution is -0.117. The summed E-state index contributed by atoms with van der Waals surface area (Å²) in [5.74, 6) is -0.232. The summed E-state index contributed by atoms with van der Waals surface area (Å²) in [5.41, 5.74) is 2.75. The molecule has 192 valence electrons. The van der Waals surface area contributed by atoms with Crippen LogP contribution in [0.2, 0.25) is 0 Å². The van der Waals surface area contributed by atoms with Crippen molar-refractivity contribution in [2.75, 3.05) is 26.8 Å². The number of amides is 1. The zero-order chi connectivity index (χ0) is 26.6. The number of Topliss-reactive ketones (excluding diaryl/α,β-unsaturated/α-hetero) is 1. The maximum Gasteiger partial charge on any atom is 0.251 e. The lowest BCUT2D eigenvalue weighted by Crippen LogP contribution is -2.25. The smallest absolute Gasteiger partial charge is 0.251 e. The topological polar surface area (TPSA) is 89.3 Å². The second-order valence-corrected chi connectivity index (χ2v) is 7.56. The van der Waals surface area contributed by atoms with Gasteiger partial charge in [0.25, 0.3) is 5.91 Å². The number of carbonyl (C=O) groups is 2. The van der Waals surface area contributed by atoms with Crippen LogP contribution in [0.25, 0.3) is 0 Å². The summed E-state index contributed by atoms with van der Waals surface area (Å²) in [6.07, 6.45) is 23.3. The molecule has 1 N–H and O–H groups in total. The van der Waals surface area contributed by atoms with E-state index in [0.29, 0.717) is 37.3 Å². The molecule has 1 atom stereocenters. The summed E-state index contributed by atoms with van der Waals surface area (Å²) in [6.45, 7) is 9.90. The normalized spacial score (nSPS) is 17.3.